The van der Waals surface area contributed by atoms with E-state index in [0.717, 1.165) is 0 Å². The monoisotopic (exact) mass is 238 g/mol. The first-order chi connectivity index (χ1) is 7.65. The van der Waals surface area contributed by atoms with E-state index in [9.17, 15) is 4.39 Å². The molecule has 0 aliphatic heterocycles. The second-order valence-corrected chi connectivity index (χ2v) is 3.56. The zero-order valence-corrected chi connectivity index (χ0v) is 8.91. The quantitative estimate of drug-likeness (QED) is 0.817. The Morgan fingerprint density at radius 2 is 2.00 bits per heavy atom. The molecule has 0 aliphatic carbocycles. The zero-order valence-electron chi connectivity index (χ0n) is 8.15. The van der Waals surface area contributed by atoms with Crippen molar-refractivity contribution in [3.05, 3.63) is 47.5 Å². The van der Waals surface area contributed by atoms with Crippen LogP contribution in [0, 0.1) is 5.82 Å². The van der Waals surface area contributed by atoms with Crippen molar-refractivity contribution in [3.63, 3.8) is 0 Å². The molecule has 82 valence electrons. The van der Waals surface area contributed by atoms with Crippen molar-refractivity contribution in [1.29, 1.82) is 0 Å². The van der Waals surface area contributed by atoms with Crippen LogP contribution in [0.15, 0.2) is 36.7 Å². The predicted molar refractivity (Wildman–Crippen MR) is 60.1 cm³/mol. The Balaban J connectivity index is 2.24. The molecule has 0 unspecified atom stereocenters. The minimum absolute atomic E-state index is 0.0347. The summed E-state index contributed by atoms with van der Waals surface area (Å²) in [5.74, 6) is 0.429. The van der Waals surface area contributed by atoms with E-state index in [1.807, 2.05) is 0 Å². The van der Waals surface area contributed by atoms with Crippen LogP contribution in [-0.2, 0) is 0 Å². The lowest BCUT2D eigenvalue weighted by Crippen LogP contribution is -1.92. The van der Waals surface area contributed by atoms with E-state index < -0.39 is 5.82 Å². The number of anilines is 1. The molecule has 0 saturated carbocycles. The highest BCUT2D eigenvalue weighted by atomic mass is 35.5. The van der Waals surface area contributed by atoms with Gasteiger partial charge in [0.15, 0.2) is 0 Å². The maximum atomic E-state index is 12.9. The summed E-state index contributed by atoms with van der Waals surface area (Å²) in [6, 6.07) is 5.72. The highest BCUT2D eigenvalue weighted by molar-refractivity contribution is 6.30. The van der Waals surface area contributed by atoms with Crippen LogP contribution >= 0.6 is 11.6 Å². The Hall–Kier alpha value is -1.81. The fourth-order valence-corrected chi connectivity index (χ4v) is 1.33. The Morgan fingerprint density at radius 1 is 1.19 bits per heavy atom. The molecule has 2 rings (SSSR count). The molecule has 1 aromatic heterocycles. The number of nitrogens with zero attached hydrogens (tertiary/aromatic N) is 1. The van der Waals surface area contributed by atoms with Gasteiger partial charge in [-0.1, -0.05) is 11.6 Å². The summed E-state index contributed by atoms with van der Waals surface area (Å²) >= 11 is 5.74. The van der Waals surface area contributed by atoms with E-state index in [1.165, 1.54) is 30.6 Å². The summed E-state index contributed by atoms with van der Waals surface area (Å²) in [5, 5.41) is 0.465. The smallest absolute Gasteiger partial charge is 0.147 e. The standard InChI is InChI=1S/C11H8ClFN2O/c12-7-3-9(6-15-5-7)16-8-1-2-10(13)11(14)4-8/h1-6H,14H2. The van der Waals surface area contributed by atoms with Crippen LogP contribution in [0.1, 0.15) is 0 Å². The molecule has 5 heteroatoms. The van der Waals surface area contributed by atoms with E-state index in [4.69, 9.17) is 22.1 Å². The first kappa shape index (κ1) is 10.7. The molecule has 1 aromatic carbocycles. The largest absolute Gasteiger partial charge is 0.456 e. The highest BCUT2D eigenvalue weighted by Gasteiger charge is 2.02. The molecule has 0 saturated heterocycles. The van der Waals surface area contributed by atoms with Crippen molar-refractivity contribution < 1.29 is 9.13 Å². The van der Waals surface area contributed by atoms with Gasteiger partial charge in [0.1, 0.15) is 17.3 Å². The molecular formula is C11H8ClFN2O. The van der Waals surface area contributed by atoms with Gasteiger partial charge in [-0.15, -0.1) is 0 Å². The summed E-state index contributed by atoms with van der Waals surface area (Å²) < 4.78 is 18.3. The lowest BCUT2D eigenvalue weighted by atomic mass is 10.3. The number of hydrogen-bond acceptors (Lipinski definition) is 3. The number of rotatable bonds is 2. The minimum atomic E-state index is -0.475. The maximum Gasteiger partial charge on any atom is 0.147 e. The number of benzene rings is 1. The van der Waals surface area contributed by atoms with E-state index >= 15 is 0 Å². The lowest BCUT2D eigenvalue weighted by molar-refractivity contribution is 0.479. The number of nitrogen functional groups attached to an aromatic ring is 1. The summed E-state index contributed by atoms with van der Waals surface area (Å²) in [5.41, 5.74) is 5.44. The van der Waals surface area contributed by atoms with Crippen molar-refractivity contribution in [2.45, 2.75) is 0 Å². The average molecular weight is 239 g/mol. The topological polar surface area (TPSA) is 48.1 Å². The third-order valence-electron chi connectivity index (χ3n) is 1.88. The molecule has 16 heavy (non-hydrogen) atoms. The van der Waals surface area contributed by atoms with Gasteiger partial charge in [0, 0.05) is 18.3 Å². The summed E-state index contributed by atoms with van der Waals surface area (Å²) in [6.07, 6.45) is 3.00. The Bertz CT molecular complexity index is 519. The van der Waals surface area contributed by atoms with Crippen molar-refractivity contribution in [3.8, 4) is 11.5 Å². The third-order valence-corrected chi connectivity index (χ3v) is 2.09. The van der Waals surface area contributed by atoms with Gasteiger partial charge in [-0.05, 0) is 12.1 Å². The molecule has 0 atom stereocenters. The van der Waals surface area contributed by atoms with Gasteiger partial charge in [-0.3, -0.25) is 4.98 Å². The number of ether oxygens (including phenoxy) is 1. The SMILES string of the molecule is Nc1cc(Oc2cncc(Cl)c2)ccc1F. The molecule has 0 bridgehead atoms. The molecule has 0 fully saturated rings. The van der Waals surface area contributed by atoms with E-state index in [-0.39, 0.29) is 5.69 Å². The fraction of sp³-hybridized carbons (Fsp3) is 0. The second-order valence-electron chi connectivity index (χ2n) is 3.12. The lowest BCUT2D eigenvalue weighted by Gasteiger charge is -2.06. The van der Waals surface area contributed by atoms with Crippen molar-refractivity contribution in [1.82, 2.24) is 4.98 Å². The molecule has 2 aromatic rings. The van der Waals surface area contributed by atoms with Crippen LogP contribution in [0.2, 0.25) is 5.02 Å². The second kappa shape index (κ2) is 4.37. The normalized spacial score (nSPS) is 10.1. The van der Waals surface area contributed by atoms with Gasteiger partial charge in [0.05, 0.1) is 16.9 Å². The van der Waals surface area contributed by atoms with Gasteiger partial charge >= 0.3 is 0 Å². The van der Waals surface area contributed by atoms with E-state index in [2.05, 4.69) is 4.98 Å². The molecule has 0 amide bonds. The van der Waals surface area contributed by atoms with Crippen LogP contribution in [0.25, 0.3) is 0 Å². The summed E-state index contributed by atoms with van der Waals surface area (Å²) in [4.78, 5) is 3.86. The first-order valence-electron chi connectivity index (χ1n) is 4.48. The van der Waals surface area contributed by atoms with Crippen molar-refractivity contribution in [2.24, 2.45) is 0 Å². The Morgan fingerprint density at radius 3 is 2.69 bits per heavy atom. The summed E-state index contributed by atoms with van der Waals surface area (Å²) in [6.45, 7) is 0. The Labute approximate surface area is 96.6 Å². The van der Waals surface area contributed by atoms with Crippen LogP contribution in [0.4, 0.5) is 10.1 Å². The van der Waals surface area contributed by atoms with Crippen LogP contribution in [-0.4, -0.2) is 4.98 Å². The van der Waals surface area contributed by atoms with Crippen LogP contribution in [0.5, 0.6) is 11.5 Å². The van der Waals surface area contributed by atoms with Gasteiger partial charge in [-0.25, -0.2) is 4.39 Å². The first-order valence-corrected chi connectivity index (χ1v) is 4.86. The van der Waals surface area contributed by atoms with Crippen molar-refractivity contribution >= 4 is 17.3 Å². The molecule has 3 nitrogen and oxygen atoms in total. The molecule has 0 aliphatic rings. The molecule has 2 N–H and O–H groups in total. The fourth-order valence-electron chi connectivity index (χ4n) is 1.17. The Kier molecular flexibility index (Phi) is 2.92. The number of hydrogen-bond donors (Lipinski definition) is 1. The van der Waals surface area contributed by atoms with Crippen molar-refractivity contribution in [2.75, 3.05) is 5.73 Å². The van der Waals surface area contributed by atoms with Gasteiger partial charge in [-0.2, -0.15) is 0 Å². The molecule has 0 spiro atoms. The summed E-state index contributed by atoms with van der Waals surface area (Å²) in [7, 11) is 0. The van der Waals surface area contributed by atoms with E-state index in [0.29, 0.717) is 16.5 Å². The predicted octanol–water partition coefficient (Wildman–Crippen LogP) is 3.25. The van der Waals surface area contributed by atoms with Gasteiger partial charge < -0.3 is 10.5 Å². The average Bonchev–Trinajstić information content (AvgIpc) is 2.24. The third kappa shape index (κ3) is 2.41. The van der Waals surface area contributed by atoms with Crippen LogP contribution in [0.3, 0.4) is 0 Å². The molecular weight excluding hydrogens is 231 g/mol. The van der Waals surface area contributed by atoms with E-state index in [1.54, 1.807) is 6.07 Å². The number of nitrogens with two attached hydrogens (primary N) is 1. The number of aromatic nitrogens is 1. The highest BCUT2D eigenvalue weighted by Crippen LogP contribution is 2.25. The van der Waals surface area contributed by atoms with Gasteiger partial charge in [0.2, 0.25) is 0 Å². The molecule has 1 heterocycles. The molecule has 0 radical (unpaired) electrons. The minimum Gasteiger partial charge on any atom is -0.456 e. The zero-order chi connectivity index (χ0) is 11.5. The maximum absolute atomic E-state index is 12.9. The van der Waals surface area contributed by atoms with Crippen LogP contribution < -0.4 is 10.5 Å². The number of halogens is 2. The number of pyridine rings is 1. The van der Waals surface area contributed by atoms with Gasteiger partial charge in [0.25, 0.3) is 0 Å².